The Balaban J connectivity index is 3.70. The third-order valence-electron chi connectivity index (χ3n) is 2.60. The Hall–Kier alpha value is -0.610. The van der Waals surface area contributed by atoms with Gasteiger partial charge in [0.15, 0.2) is 0 Å². The van der Waals surface area contributed by atoms with Crippen LogP contribution in [0.5, 0.6) is 0 Å². The summed E-state index contributed by atoms with van der Waals surface area (Å²) in [4.78, 5) is 11.9. The summed E-state index contributed by atoms with van der Waals surface area (Å²) < 4.78 is 4.92. The van der Waals surface area contributed by atoms with Gasteiger partial charge in [0.2, 0.25) is 5.91 Å². The molecule has 0 rings (SSSR count). The number of nitrogens with one attached hydrogen (secondary N) is 2. The van der Waals surface area contributed by atoms with Crippen LogP contribution in [0, 0.1) is 11.3 Å². The summed E-state index contributed by atoms with van der Waals surface area (Å²) in [6.07, 6.45) is 0.913. The topological polar surface area (TPSA) is 50.4 Å². The second-order valence-electron chi connectivity index (χ2n) is 5.48. The van der Waals surface area contributed by atoms with Crippen LogP contribution in [0.15, 0.2) is 0 Å². The smallest absolute Gasteiger partial charge is 0.225 e. The van der Waals surface area contributed by atoms with Crippen molar-refractivity contribution in [2.75, 3.05) is 33.4 Å². The van der Waals surface area contributed by atoms with Crippen LogP contribution in [-0.4, -0.2) is 39.3 Å². The predicted molar refractivity (Wildman–Crippen MR) is 71.0 cm³/mol. The summed E-state index contributed by atoms with van der Waals surface area (Å²) in [6, 6.07) is 0. The van der Waals surface area contributed by atoms with Crippen LogP contribution in [0.3, 0.4) is 0 Å². The van der Waals surface area contributed by atoms with Gasteiger partial charge >= 0.3 is 0 Å². The molecule has 0 aliphatic heterocycles. The molecule has 0 fully saturated rings. The molecule has 0 aliphatic rings. The molecule has 0 saturated carbocycles. The fourth-order valence-electron chi connectivity index (χ4n) is 1.92. The van der Waals surface area contributed by atoms with Gasteiger partial charge in [0.25, 0.3) is 0 Å². The first-order valence-corrected chi connectivity index (χ1v) is 6.38. The molecule has 0 aromatic carbocycles. The van der Waals surface area contributed by atoms with Crippen molar-refractivity contribution in [2.24, 2.45) is 11.3 Å². The van der Waals surface area contributed by atoms with E-state index >= 15 is 0 Å². The number of hydrogen-bond donors (Lipinski definition) is 2. The Kier molecular flexibility index (Phi) is 8.17. The standard InChI is InChI=1S/C13H28N2O2/c1-11(2)10-13(3,4)12(16)15-7-6-14-8-9-17-5/h11,14H,6-10H2,1-5H3,(H,15,16). The third kappa shape index (κ3) is 8.16. The normalized spacial score (nSPS) is 11.9. The zero-order valence-corrected chi connectivity index (χ0v) is 11.9. The second-order valence-corrected chi connectivity index (χ2v) is 5.48. The average molecular weight is 244 g/mol. The van der Waals surface area contributed by atoms with Crippen LogP contribution in [0.4, 0.5) is 0 Å². The fraction of sp³-hybridized carbons (Fsp3) is 0.923. The molecule has 0 spiro atoms. The quantitative estimate of drug-likeness (QED) is 0.603. The first kappa shape index (κ1) is 16.4. The van der Waals surface area contributed by atoms with Crippen molar-refractivity contribution in [1.82, 2.24) is 10.6 Å². The van der Waals surface area contributed by atoms with Crippen molar-refractivity contribution in [3.8, 4) is 0 Å². The molecule has 2 N–H and O–H groups in total. The lowest BCUT2D eigenvalue weighted by Crippen LogP contribution is -2.41. The molecule has 0 aliphatic carbocycles. The Labute approximate surface area is 105 Å². The minimum absolute atomic E-state index is 0.139. The molecule has 4 nitrogen and oxygen atoms in total. The first-order valence-electron chi connectivity index (χ1n) is 6.38. The summed E-state index contributed by atoms with van der Waals surface area (Å²) >= 11 is 0. The molecule has 0 unspecified atom stereocenters. The molecule has 0 radical (unpaired) electrons. The largest absolute Gasteiger partial charge is 0.383 e. The minimum Gasteiger partial charge on any atom is -0.383 e. The Bertz CT molecular complexity index is 215. The molecule has 0 bridgehead atoms. The molecular weight excluding hydrogens is 216 g/mol. The monoisotopic (exact) mass is 244 g/mol. The van der Waals surface area contributed by atoms with Crippen LogP contribution in [-0.2, 0) is 9.53 Å². The van der Waals surface area contributed by atoms with Gasteiger partial charge in [-0.1, -0.05) is 27.7 Å². The number of methoxy groups -OCH3 is 1. The SMILES string of the molecule is COCCNCCNC(=O)C(C)(C)CC(C)C. The summed E-state index contributed by atoms with van der Waals surface area (Å²) in [6.45, 7) is 11.3. The highest BCUT2D eigenvalue weighted by Crippen LogP contribution is 2.25. The Morgan fingerprint density at radius 1 is 1.24 bits per heavy atom. The van der Waals surface area contributed by atoms with Crippen LogP contribution >= 0.6 is 0 Å². The molecule has 0 atom stereocenters. The average Bonchev–Trinajstić information content (AvgIpc) is 2.21. The third-order valence-corrected chi connectivity index (χ3v) is 2.60. The van der Waals surface area contributed by atoms with E-state index in [1.54, 1.807) is 7.11 Å². The van der Waals surface area contributed by atoms with Crippen molar-refractivity contribution in [2.45, 2.75) is 34.1 Å². The van der Waals surface area contributed by atoms with E-state index in [0.29, 0.717) is 19.1 Å². The zero-order chi connectivity index (χ0) is 13.3. The molecule has 102 valence electrons. The number of carbonyl (C=O) groups is 1. The second kappa shape index (κ2) is 8.48. The van der Waals surface area contributed by atoms with Crippen LogP contribution in [0.25, 0.3) is 0 Å². The molecule has 0 aromatic rings. The number of ether oxygens (including phenoxy) is 1. The molecule has 0 saturated heterocycles. The van der Waals surface area contributed by atoms with Crippen molar-refractivity contribution in [1.29, 1.82) is 0 Å². The maximum absolute atomic E-state index is 11.9. The molecule has 0 aromatic heterocycles. The summed E-state index contributed by atoms with van der Waals surface area (Å²) in [7, 11) is 1.68. The van der Waals surface area contributed by atoms with Crippen molar-refractivity contribution in [3.05, 3.63) is 0 Å². The van der Waals surface area contributed by atoms with Gasteiger partial charge in [-0.2, -0.15) is 0 Å². The lowest BCUT2D eigenvalue weighted by Gasteiger charge is -2.25. The van der Waals surface area contributed by atoms with E-state index in [4.69, 9.17) is 4.74 Å². The highest BCUT2D eigenvalue weighted by molar-refractivity contribution is 5.81. The number of rotatable bonds is 9. The van der Waals surface area contributed by atoms with E-state index in [0.717, 1.165) is 19.5 Å². The van der Waals surface area contributed by atoms with E-state index in [2.05, 4.69) is 24.5 Å². The van der Waals surface area contributed by atoms with E-state index in [-0.39, 0.29) is 11.3 Å². The van der Waals surface area contributed by atoms with Gasteiger partial charge in [0.05, 0.1) is 6.61 Å². The van der Waals surface area contributed by atoms with Crippen molar-refractivity contribution >= 4 is 5.91 Å². The number of hydrogen-bond acceptors (Lipinski definition) is 3. The Morgan fingerprint density at radius 2 is 1.88 bits per heavy atom. The highest BCUT2D eigenvalue weighted by atomic mass is 16.5. The van der Waals surface area contributed by atoms with Crippen molar-refractivity contribution in [3.63, 3.8) is 0 Å². The van der Waals surface area contributed by atoms with E-state index in [1.807, 2.05) is 13.8 Å². The fourth-order valence-corrected chi connectivity index (χ4v) is 1.92. The predicted octanol–water partition coefficient (Wildman–Crippen LogP) is 1.41. The molecular formula is C13H28N2O2. The van der Waals surface area contributed by atoms with Gasteiger partial charge in [0.1, 0.15) is 0 Å². The van der Waals surface area contributed by atoms with E-state index in [9.17, 15) is 4.79 Å². The van der Waals surface area contributed by atoms with Crippen LogP contribution < -0.4 is 10.6 Å². The maximum Gasteiger partial charge on any atom is 0.225 e. The van der Waals surface area contributed by atoms with Gasteiger partial charge in [-0.15, -0.1) is 0 Å². The summed E-state index contributed by atoms with van der Waals surface area (Å²) in [5, 5.41) is 6.16. The zero-order valence-electron chi connectivity index (χ0n) is 11.9. The summed E-state index contributed by atoms with van der Waals surface area (Å²) in [5.41, 5.74) is -0.277. The van der Waals surface area contributed by atoms with Crippen LogP contribution in [0.2, 0.25) is 0 Å². The van der Waals surface area contributed by atoms with Crippen molar-refractivity contribution < 1.29 is 9.53 Å². The summed E-state index contributed by atoms with van der Waals surface area (Å²) in [5.74, 6) is 0.676. The maximum atomic E-state index is 11.9. The van der Waals surface area contributed by atoms with E-state index < -0.39 is 0 Å². The minimum atomic E-state index is -0.277. The molecule has 17 heavy (non-hydrogen) atoms. The number of amides is 1. The number of carbonyl (C=O) groups excluding carboxylic acids is 1. The Morgan fingerprint density at radius 3 is 2.41 bits per heavy atom. The molecule has 0 heterocycles. The lowest BCUT2D eigenvalue weighted by atomic mass is 9.83. The van der Waals surface area contributed by atoms with Gasteiger partial charge in [-0.05, 0) is 12.3 Å². The van der Waals surface area contributed by atoms with E-state index in [1.165, 1.54) is 0 Å². The first-order chi connectivity index (χ1) is 7.90. The lowest BCUT2D eigenvalue weighted by molar-refractivity contribution is -0.130. The molecule has 1 amide bonds. The van der Waals surface area contributed by atoms with Gasteiger partial charge < -0.3 is 15.4 Å². The van der Waals surface area contributed by atoms with Gasteiger partial charge in [0, 0.05) is 32.2 Å². The van der Waals surface area contributed by atoms with Gasteiger partial charge in [-0.25, -0.2) is 0 Å². The van der Waals surface area contributed by atoms with Crippen LogP contribution in [0.1, 0.15) is 34.1 Å². The van der Waals surface area contributed by atoms with Gasteiger partial charge in [-0.3, -0.25) is 4.79 Å². The highest BCUT2D eigenvalue weighted by Gasteiger charge is 2.27. The molecule has 4 heteroatoms.